The van der Waals surface area contributed by atoms with E-state index in [1.54, 1.807) is 19.2 Å². The smallest absolute Gasteiger partial charge is 0.331 e. The maximum Gasteiger partial charge on any atom is 0.331 e. The van der Waals surface area contributed by atoms with Gasteiger partial charge in [0.15, 0.2) is 0 Å². The molecule has 0 atom stereocenters. The molecule has 80 valence electrons. The minimum Gasteiger partial charge on any atom is -0.478 e. The lowest BCUT2D eigenvalue weighted by atomic mass is 10.1. The quantitative estimate of drug-likeness (QED) is 0.780. The summed E-state index contributed by atoms with van der Waals surface area (Å²) in [5.41, 5.74) is 2.02. The van der Waals surface area contributed by atoms with E-state index in [4.69, 9.17) is 5.11 Å². The molecule has 0 radical (unpaired) electrons. The summed E-state index contributed by atoms with van der Waals surface area (Å²) in [7, 11) is 0. The Balaban J connectivity index is 2.47. The molecule has 2 aromatic rings. The summed E-state index contributed by atoms with van der Waals surface area (Å²) in [5, 5.41) is 9.78. The zero-order valence-corrected chi connectivity index (χ0v) is 8.84. The van der Waals surface area contributed by atoms with Crippen molar-refractivity contribution in [3.05, 3.63) is 47.7 Å². The molecule has 0 saturated heterocycles. The van der Waals surface area contributed by atoms with Crippen molar-refractivity contribution in [3.63, 3.8) is 0 Å². The summed E-state index contributed by atoms with van der Waals surface area (Å²) in [5.74, 6) is -0.909. The van der Waals surface area contributed by atoms with Gasteiger partial charge in [-0.1, -0.05) is 18.2 Å². The number of carboxylic acid groups (broad SMARTS) is 1. The average Bonchev–Trinajstić information content (AvgIpc) is 2.28. The summed E-state index contributed by atoms with van der Waals surface area (Å²) >= 11 is 0. The van der Waals surface area contributed by atoms with E-state index in [1.807, 2.05) is 30.3 Å². The normalized spacial score (nSPS) is 11.7. The number of benzene rings is 1. The van der Waals surface area contributed by atoms with Crippen LogP contribution in [-0.4, -0.2) is 16.1 Å². The van der Waals surface area contributed by atoms with Gasteiger partial charge in [-0.2, -0.15) is 0 Å². The highest BCUT2D eigenvalue weighted by Crippen LogP contribution is 2.14. The number of nitrogens with zero attached hydrogens (tertiary/aromatic N) is 1. The van der Waals surface area contributed by atoms with Crippen LogP contribution in [0.5, 0.6) is 0 Å². The fourth-order valence-corrected chi connectivity index (χ4v) is 1.48. The SMILES string of the molecule is C/C(=C\c1cnc2ccccc2c1)C(=O)O. The van der Waals surface area contributed by atoms with Gasteiger partial charge >= 0.3 is 5.97 Å². The van der Waals surface area contributed by atoms with E-state index in [1.165, 1.54) is 0 Å². The van der Waals surface area contributed by atoms with Crippen molar-refractivity contribution in [2.45, 2.75) is 6.92 Å². The van der Waals surface area contributed by atoms with Crippen molar-refractivity contribution in [1.29, 1.82) is 0 Å². The second-order valence-electron chi connectivity index (χ2n) is 3.59. The molecule has 1 aromatic heterocycles. The maximum atomic E-state index is 10.7. The molecule has 1 heterocycles. The molecule has 3 heteroatoms. The number of fused-ring (bicyclic) bond motifs is 1. The van der Waals surface area contributed by atoms with E-state index in [2.05, 4.69) is 4.98 Å². The van der Waals surface area contributed by atoms with Gasteiger partial charge in [0.25, 0.3) is 0 Å². The van der Waals surface area contributed by atoms with Crippen molar-refractivity contribution >= 4 is 22.9 Å². The predicted molar refractivity (Wildman–Crippen MR) is 63.0 cm³/mol. The Morgan fingerprint density at radius 3 is 2.88 bits per heavy atom. The molecular weight excluding hydrogens is 202 g/mol. The standard InChI is InChI=1S/C13H11NO2/c1-9(13(15)16)6-10-7-11-4-2-3-5-12(11)14-8-10/h2-8H,1H3,(H,15,16)/b9-6+. The Morgan fingerprint density at radius 2 is 2.12 bits per heavy atom. The van der Waals surface area contributed by atoms with Gasteiger partial charge in [0.2, 0.25) is 0 Å². The molecule has 1 aromatic carbocycles. The summed E-state index contributed by atoms with van der Waals surface area (Å²) in [6, 6.07) is 9.66. The van der Waals surface area contributed by atoms with Crippen LogP contribution in [0.2, 0.25) is 0 Å². The second-order valence-corrected chi connectivity index (χ2v) is 3.59. The molecule has 1 N–H and O–H groups in total. The van der Waals surface area contributed by atoms with Gasteiger partial charge in [-0.25, -0.2) is 4.79 Å². The average molecular weight is 213 g/mol. The molecule has 0 saturated carbocycles. The highest BCUT2D eigenvalue weighted by molar-refractivity contribution is 5.92. The molecule has 0 spiro atoms. The van der Waals surface area contributed by atoms with Crippen LogP contribution in [0.1, 0.15) is 12.5 Å². The van der Waals surface area contributed by atoms with E-state index in [0.717, 1.165) is 16.5 Å². The Kier molecular flexibility index (Phi) is 2.68. The molecule has 0 aliphatic heterocycles. The first-order valence-corrected chi connectivity index (χ1v) is 4.93. The van der Waals surface area contributed by atoms with Crippen LogP contribution < -0.4 is 0 Å². The van der Waals surface area contributed by atoms with Gasteiger partial charge in [-0.3, -0.25) is 4.98 Å². The van der Waals surface area contributed by atoms with Crippen LogP contribution >= 0.6 is 0 Å². The van der Waals surface area contributed by atoms with Crippen molar-refractivity contribution in [2.75, 3.05) is 0 Å². The first-order valence-electron chi connectivity index (χ1n) is 4.93. The van der Waals surface area contributed by atoms with E-state index in [9.17, 15) is 4.79 Å². The first-order chi connectivity index (χ1) is 7.66. The summed E-state index contributed by atoms with van der Waals surface area (Å²) in [6.07, 6.45) is 3.29. The Labute approximate surface area is 93.1 Å². The number of aliphatic carboxylic acids is 1. The Hall–Kier alpha value is -2.16. The number of rotatable bonds is 2. The molecule has 0 fully saturated rings. The Bertz CT molecular complexity index is 573. The topological polar surface area (TPSA) is 50.2 Å². The molecule has 2 rings (SSSR count). The fraction of sp³-hybridized carbons (Fsp3) is 0.0769. The zero-order valence-electron chi connectivity index (χ0n) is 8.84. The molecule has 0 aliphatic rings. The van der Waals surface area contributed by atoms with Gasteiger partial charge in [-0.15, -0.1) is 0 Å². The maximum absolute atomic E-state index is 10.7. The molecule has 0 amide bonds. The van der Waals surface area contributed by atoms with Crippen molar-refractivity contribution in [3.8, 4) is 0 Å². The highest BCUT2D eigenvalue weighted by Gasteiger charge is 2.00. The number of carbonyl (C=O) groups is 1. The van der Waals surface area contributed by atoms with Gasteiger partial charge in [0.1, 0.15) is 0 Å². The molecule has 16 heavy (non-hydrogen) atoms. The minimum absolute atomic E-state index is 0.303. The fourth-order valence-electron chi connectivity index (χ4n) is 1.48. The summed E-state index contributed by atoms with van der Waals surface area (Å²) in [6.45, 7) is 1.57. The number of hydrogen-bond acceptors (Lipinski definition) is 2. The molecule has 0 aliphatic carbocycles. The summed E-state index contributed by atoms with van der Waals surface area (Å²) in [4.78, 5) is 14.9. The van der Waals surface area contributed by atoms with Crippen LogP contribution in [0.15, 0.2) is 42.1 Å². The monoisotopic (exact) mass is 213 g/mol. The van der Waals surface area contributed by atoms with Crippen molar-refractivity contribution in [1.82, 2.24) is 4.98 Å². The lowest BCUT2D eigenvalue weighted by Gasteiger charge is -1.99. The van der Waals surface area contributed by atoms with E-state index in [0.29, 0.717) is 5.57 Å². The number of pyridine rings is 1. The minimum atomic E-state index is -0.909. The lowest BCUT2D eigenvalue weighted by Crippen LogP contribution is -1.95. The van der Waals surface area contributed by atoms with Crippen LogP contribution in [0.4, 0.5) is 0 Å². The van der Waals surface area contributed by atoms with E-state index < -0.39 is 5.97 Å². The van der Waals surface area contributed by atoms with E-state index >= 15 is 0 Å². The molecule has 0 unspecified atom stereocenters. The van der Waals surface area contributed by atoms with Crippen LogP contribution in [0.25, 0.3) is 17.0 Å². The molecular formula is C13H11NO2. The van der Waals surface area contributed by atoms with Crippen molar-refractivity contribution in [2.24, 2.45) is 0 Å². The van der Waals surface area contributed by atoms with Crippen LogP contribution in [0.3, 0.4) is 0 Å². The third-order valence-corrected chi connectivity index (χ3v) is 2.33. The summed E-state index contributed by atoms with van der Waals surface area (Å²) < 4.78 is 0. The molecule has 3 nitrogen and oxygen atoms in total. The van der Waals surface area contributed by atoms with Gasteiger partial charge in [0.05, 0.1) is 5.52 Å². The van der Waals surface area contributed by atoms with E-state index in [-0.39, 0.29) is 0 Å². The van der Waals surface area contributed by atoms with Gasteiger partial charge in [0, 0.05) is 17.2 Å². The first kappa shape index (κ1) is 10.4. The number of hydrogen-bond donors (Lipinski definition) is 1. The number of carboxylic acids is 1. The van der Waals surface area contributed by atoms with Gasteiger partial charge in [-0.05, 0) is 30.7 Å². The predicted octanol–water partition coefficient (Wildman–Crippen LogP) is 2.72. The molecule has 0 bridgehead atoms. The third kappa shape index (κ3) is 2.08. The number of para-hydroxylation sites is 1. The third-order valence-electron chi connectivity index (χ3n) is 2.33. The Morgan fingerprint density at radius 1 is 1.38 bits per heavy atom. The van der Waals surface area contributed by atoms with Crippen molar-refractivity contribution < 1.29 is 9.90 Å². The second kappa shape index (κ2) is 4.14. The lowest BCUT2D eigenvalue weighted by molar-refractivity contribution is -0.132. The largest absolute Gasteiger partial charge is 0.478 e. The highest BCUT2D eigenvalue weighted by atomic mass is 16.4. The van der Waals surface area contributed by atoms with Gasteiger partial charge < -0.3 is 5.11 Å². The van der Waals surface area contributed by atoms with Crippen LogP contribution in [0, 0.1) is 0 Å². The van der Waals surface area contributed by atoms with Crippen LogP contribution in [-0.2, 0) is 4.79 Å². The zero-order chi connectivity index (χ0) is 11.5. The number of aromatic nitrogens is 1.